The van der Waals surface area contributed by atoms with E-state index in [4.69, 9.17) is 16.2 Å². The SMILES string of the molecule is COc1ccc([C@H](N)CCCCN)c(C(F)(F)F)c1. The van der Waals surface area contributed by atoms with Crippen molar-refractivity contribution in [1.29, 1.82) is 0 Å². The molecule has 0 aliphatic rings. The molecular weight excluding hydrogens is 257 g/mol. The molecule has 0 saturated carbocycles. The maximum atomic E-state index is 13.0. The molecule has 0 aliphatic carbocycles. The molecule has 3 nitrogen and oxygen atoms in total. The largest absolute Gasteiger partial charge is 0.497 e. The van der Waals surface area contributed by atoms with E-state index in [-0.39, 0.29) is 11.3 Å². The van der Waals surface area contributed by atoms with E-state index in [1.54, 1.807) is 0 Å². The second-order valence-corrected chi connectivity index (χ2v) is 4.34. The van der Waals surface area contributed by atoms with Gasteiger partial charge in [0.15, 0.2) is 0 Å². The van der Waals surface area contributed by atoms with E-state index >= 15 is 0 Å². The van der Waals surface area contributed by atoms with Gasteiger partial charge in [-0.2, -0.15) is 13.2 Å². The lowest BCUT2D eigenvalue weighted by atomic mass is 9.96. The van der Waals surface area contributed by atoms with Crippen LogP contribution >= 0.6 is 0 Å². The van der Waals surface area contributed by atoms with E-state index in [1.807, 2.05) is 0 Å². The van der Waals surface area contributed by atoms with Crippen molar-refractivity contribution in [3.63, 3.8) is 0 Å². The number of nitrogens with two attached hydrogens (primary N) is 2. The Balaban J connectivity index is 2.98. The molecule has 19 heavy (non-hydrogen) atoms. The summed E-state index contributed by atoms with van der Waals surface area (Å²) in [4.78, 5) is 0. The van der Waals surface area contributed by atoms with Gasteiger partial charge in [0.05, 0.1) is 12.7 Å². The molecule has 0 fully saturated rings. The number of hydrogen-bond acceptors (Lipinski definition) is 3. The molecule has 6 heteroatoms. The van der Waals surface area contributed by atoms with Crippen LogP contribution in [-0.4, -0.2) is 13.7 Å². The van der Waals surface area contributed by atoms with Gasteiger partial charge in [-0.05, 0) is 37.1 Å². The van der Waals surface area contributed by atoms with Gasteiger partial charge in [-0.3, -0.25) is 0 Å². The summed E-state index contributed by atoms with van der Waals surface area (Å²) in [6.45, 7) is 0.515. The Labute approximate surface area is 110 Å². The monoisotopic (exact) mass is 276 g/mol. The first-order chi connectivity index (χ1) is 8.90. The molecule has 0 amide bonds. The van der Waals surface area contributed by atoms with Gasteiger partial charge in [-0.15, -0.1) is 0 Å². The number of rotatable bonds is 6. The molecular formula is C13H19F3N2O. The molecule has 0 aliphatic heterocycles. The molecule has 108 valence electrons. The van der Waals surface area contributed by atoms with E-state index in [9.17, 15) is 13.2 Å². The molecule has 0 bridgehead atoms. The molecule has 0 aromatic heterocycles. The third kappa shape index (κ3) is 4.40. The number of hydrogen-bond donors (Lipinski definition) is 2. The van der Waals surface area contributed by atoms with Crippen LogP contribution in [0.25, 0.3) is 0 Å². The van der Waals surface area contributed by atoms with Crippen LogP contribution in [0.15, 0.2) is 18.2 Å². The topological polar surface area (TPSA) is 61.3 Å². The molecule has 0 radical (unpaired) electrons. The predicted molar refractivity (Wildman–Crippen MR) is 67.8 cm³/mol. The highest BCUT2D eigenvalue weighted by Gasteiger charge is 2.35. The van der Waals surface area contributed by atoms with Crippen molar-refractivity contribution in [2.75, 3.05) is 13.7 Å². The molecule has 4 N–H and O–H groups in total. The van der Waals surface area contributed by atoms with Crippen molar-refractivity contribution < 1.29 is 17.9 Å². The quantitative estimate of drug-likeness (QED) is 0.785. The zero-order valence-electron chi connectivity index (χ0n) is 10.8. The van der Waals surface area contributed by atoms with E-state index in [2.05, 4.69) is 0 Å². The number of alkyl halides is 3. The minimum absolute atomic E-state index is 0.102. The minimum Gasteiger partial charge on any atom is -0.497 e. The van der Waals surface area contributed by atoms with Crippen LogP contribution in [0.4, 0.5) is 13.2 Å². The predicted octanol–water partition coefficient (Wildman–Crippen LogP) is 2.84. The summed E-state index contributed by atoms with van der Waals surface area (Å²) in [5, 5.41) is 0. The zero-order valence-corrected chi connectivity index (χ0v) is 10.8. The van der Waals surface area contributed by atoms with Crippen molar-refractivity contribution in [2.45, 2.75) is 31.5 Å². The number of ether oxygens (including phenoxy) is 1. The zero-order chi connectivity index (χ0) is 14.5. The third-order valence-corrected chi connectivity index (χ3v) is 2.93. The summed E-state index contributed by atoms with van der Waals surface area (Å²) in [5.74, 6) is 0.172. The number of halogens is 3. The number of benzene rings is 1. The van der Waals surface area contributed by atoms with Gasteiger partial charge >= 0.3 is 6.18 Å². The average molecular weight is 276 g/mol. The summed E-state index contributed by atoms with van der Waals surface area (Å²) in [6.07, 6.45) is -2.49. The highest BCUT2D eigenvalue weighted by atomic mass is 19.4. The molecule has 0 heterocycles. The first-order valence-corrected chi connectivity index (χ1v) is 6.11. The molecule has 0 saturated heterocycles. The van der Waals surface area contributed by atoms with E-state index in [0.717, 1.165) is 12.5 Å². The summed E-state index contributed by atoms with van der Waals surface area (Å²) in [7, 11) is 1.33. The lowest BCUT2D eigenvalue weighted by Crippen LogP contribution is -2.18. The second-order valence-electron chi connectivity index (χ2n) is 4.34. The van der Waals surface area contributed by atoms with Gasteiger partial charge in [0.25, 0.3) is 0 Å². The van der Waals surface area contributed by atoms with Crippen molar-refractivity contribution in [2.24, 2.45) is 11.5 Å². The Hall–Kier alpha value is -1.27. The van der Waals surface area contributed by atoms with Gasteiger partial charge < -0.3 is 16.2 Å². The maximum absolute atomic E-state index is 13.0. The lowest BCUT2D eigenvalue weighted by molar-refractivity contribution is -0.138. The molecule has 0 spiro atoms. The number of methoxy groups -OCH3 is 1. The highest BCUT2D eigenvalue weighted by molar-refractivity contribution is 5.39. The molecule has 1 atom stereocenters. The fourth-order valence-electron chi connectivity index (χ4n) is 1.90. The fraction of sp³-hybridized carbons (Fsp3) is 0.538. The normalized spacial score (nSPS) is 13.4. The van der Waals surface area contributed by atoms with Crippen LogP contribution < -0.4 is 16.2 Å². The van der Waals surface area contributed by atoms with Gasteiger partial charge in [-0.1, -0.05) is 12.5 Å². The van der Waals surface area contributed by atoms with E-state index in [1.165, 1.54) is 19.2 Å². The van der Waals surface area contributed by atoms with Crippen LogP contribution in [-0.2, 0) is 6.18 Å². The van der Waals surface area contributed by atoms with Crippen LogP contribution in [0.2, 0.25) is 0 Å². The van der Waals surface area contributed by atoms with Gasteiger partial charge in [0, 0.05) is 6.04 Å². The first kappa shape index (κ1) is 15.8. The van der Waals surface area contributed by atoms with Crippen molar-refractivity contribution in [3.05, 3.63) is 29.3 Å². The molecule has 1 aromatic carbocycles. The van der Waals surface area contributed by atoms with Crippen LogP contribution in [0, 0.1) is 0 Å². The van der Waals surface area contributed by atoms with Crippen LogP contribution in [0.3, 0.4) is 0 Å². The summed E-state index contributed by atoms with van der Waals surface area (Å²) in [5.41, 5.74) is 10.6. The van der Waals surface area contributed by atoms with Crippen LogP contribution in [0.1, 0.15) is 36.4 Å². The highest BCUT2D eigenvalue weighted by Crippen LogP contribution is 2.37. The van der Waals surface area contributed by atoms with Gasteiger partial charge in [0.2, 0.25) is 0 Å². The molecule has 1 rings (SSSR count). The Bertz CT molecular complexity index is 407. The average Bonchev–Trinajstić information content (AvgIpc) is 2.37. The standard InChI is InChI=1S/C13H19F3N2O/c1-19-9-5-6-10(11(8-9)13(14,15)16)12(18)4-2-3-7-17/h5-6,8,12H,2-4,7,17-18H2,1H3/t12-/m1/s1. The minimum atomic E-state index is -4.44. The second kappa shape index (κ2) is 6.77. The lowest BCUT2D eigenvalue weighted by Gasteiger charge is -2.19. The Morgan fingerprint density at radius 1 is 1.26 bits per heavy atom. The summed E-state index contributed by atoms with van der Waals surface area (Å²) >= 11 is 0. The van der Waals surface area contributed by atoms with Crippen molar-refractivity contribution >= 4 is 0 Å². The van der Waals surface area contributed by atoms with Crippen molar-refractivity contribution in [3.8, 4) is 5.75 Å². The Morgan fingerprint density at radius 2 is 1.95 bits per heavy atom. The van der Waals surface area contributed by atoms with Crippen molar-refractivity contribution in [1.82, 2.24) is 0 Å². The van der Waals surface area contributed by atoms with Crippen LogP contribution in [0.5, 0.6) is 5.75 Å². The maximum Gasteiger partial charge on any atom is 0.416 e. The van der Waals surface area contributed by atoms with Gasteiger partial charge in [-0.25, -0.2) is 0 Å². The molecule has 1 aromatic rings. The Kier molecular flexibility index (Phi) is 5.62. The first-order valence-electron chi connectivity index (χ1n) is 6.11. The molecule has 0 unspecified atom stereocenters. The van der Waals surface area contributed by atoms with E-state index < -0.39 is 17.8 Å². The smallest absolute Gasteiger partial charge is 0.416 e. The van der Waals surface area contributed by atoms with E-state index in [0.29, 0.717) is 19.4 Å². The summed E-state index contributed by atoms with van der Waals surface area (Å²) in [6, 6.07) is 3.22. The summed E-state index contributed by atoms with van der Waals surface area (Å²) < 4.78 is 43.8. The fourth-order valence-corrected chi connectivity index (χ4v) is 1.90. The third-order valence-electron chi connectivity index (χ3n) is 2.93. The number of unbranched alkanes of at least 4 members (excludes halogenated alkanes) is 1. The van der Waals surface area contributed by atoms with Gasteiger partial charge in [0.1, 0.15) is 5.75 Å². The Morgan fingerprint density at radius 3 is 2.47 bits per heavy atom.